The summed E-state index contributed by atoms with van der Waals surface area (Å²) in [6.07, 6.45) is 1.49. The monoisotopic (exact) mass is 514 g/mol. The molecule has 0 saturated heterocycles. The number of nitrogens with one attached hydrogen (secondary N) is 1. The molecule has 0 aliphatic rings. The lowest BCUT2D eigenvalue weighted by Gasteiger charge is -2.26. The summed E-state index contributed by atoms with van der Waals surface area (Å²) in [6.45, 7) is 4.12. The van der Waals surface area contributed by atoms with E-state index < -0.39 is 18.1 Å². The van der Waals surface area contributed by atoms with Crippen LogP contribution in [0.2, 0.25) is 0 Å². The van der Waals surface area contributed by atoms with Crippen molar-refractivity contribution in [2.24, 2.45) is 5.92 Å². The molecule has 3 atom stereocenters. The summed E-state index contributed by atoms with van der Waals surface area (Å²) in [4.78, 5) is 16.9. The van der Waals surface area contributed by atoms with Crippen molar-refractivity contribution in [3.63, 3.8) is 0 Å². The van der Waals surface area contributed by atoms with E-state index in [1.165, 1.54) is 43.6 Å². The van der Waals surface area contributed by atoms with Gasteiger partial charge in [-0.15, -0.1) is 0 Å². The highest BCUT2D eigenvalue weighted by atomic mass is 19.1. The highest BCUT2D eigenvalue weighted by Gasteiger charge is 2.25. The zero-order valence-electron chi connectivity index (χ0n) is 21.1. The van der Waals surface area contributed by atoms with Crippen LogP contribution in [0, 0.1) is 17.6 Å². The van der Waals surface area contributed by atoms with Crippen molar-refractivity contribution >= 4 is 5.97 Å². The summed E-state index contributed by atoms with van der Waals surface area (Å²) in [6, 6.07) is 13.0. The highest BCUT2D eigenvalue weighted by Crippen LogP contribution is 2.27. The molecule has 1 aromatic heterocycles. The van der Waals surface area contributed by atoms with Gasteiger partial charge in [-0.05, 0) is 55.7 Å². The number of aromatic nitrogens is 1. The number of pyridine rings is 1. The third kappa shape index (κ3) is 8.51. The van der Waals surface area contributed by atoms with Gasteiger partial charge >= 0.3 is 5.97 Å². The van der Waals surface area contributed by atoms with Gasteiger partial charge in [-0.1, -0.05) is 24.3 Å². The molecule has 9 heteroatoms. The van der Waals surface area contributed by atoms with E-state index in [9.17, 15) is 18.7 Å². The molecule has 37 heavy (non-hydrogen) atoms. The SMILES string of the molecule is COc1ccnc(CN[C@@H](C)C(=O)O[C@@H](C)[C@@H](COCc2ccc(F)cc2)Cc2ccc(F)cc2)c1O. The molecule has 7 nitrogen and oxygen atoms in total. The van der Waals surface area contributed by atoms with Crippen LogP contribution in [-0.4, -0.2) is 41.9 Å². The molecule has 0 spiro atoms. The molecule has 3 aromatic rings. The molecule has 0 aliphatic carbocycles. The number of esters is 1. The molecule has 0 aliphatic heterocycles. The molecule has 0 bridgehead atoms. The van der Waals surface area contributed by atoms with E-state index in [0.29, 0.717) is 17.9 Å². The quantitative estimate of drug-likeness (QED) is 0.323. The Bertz CT molecular complexity index is 1140. The van der Waals surface area contributed by atoms with Gasteiger partial charge in [0, 0.05) is 24.7 Å². The van der Waals surface area contributed by atoms with Crippen LogP contribution in [0.25, 0.3) is 0 Å². The van der Waals surface area contributed by atoms with Crippen molar-refractivity contribution < 1.29 is 32.9 Å². The summed E-state index contributed by atoms with van der Waals surface area (Å²) in [5.41, 5.74) is 2.04. The number of carbonyl (C=O) groups is 1. The van der Waals surface area contributed by atoms with E-state index in [2.05, 4.69) is 10.3 Å². The first-order valence-electron chi connectivity index (χ1n) is 12.0. The second-order valence-corrected chi connectivity index (χ2v) is 8.79. The Kier molecular flexibility index (Phi) is 10.3. The second-order valence-electron chi connectivity index (χ2n) is 8.79. The Morgan fingerprint density at radius 3 is 2.24 bits per heavy atom. The minimum atomic E-state index is -0.679. The van der Waals surface area contributed by atoms with E-state index in [0.717, 1.165) is 11.1 Å². The van der Waals surface area contributed by atoms with Gasteiger partial charge in [0.15, 0.2) is 11.5 Å². The van der Waals surface area contributed by atoms with Crippen molar-refractivity contribution in [2.75, 3.05) is 13.7 Å². The molecule has 0 fully saturated rings. The van der Waals surface area contributed by atoms with Gasteiger partial charge in [0.1, 0.15) is 23.8 Å². The highest BCUT2D eigenvalue weighted by molar-refractivity contribution is 5.75. The Labute approximate surface area is 215 Å². The lowest BCUT2D eigenvalue weighted by Crippen LogP contribution is -2.39. The Morgan fingerprint density at radius 2 is 1.62 bits per heavy atom. The van der Waals surface area contributed by atoms with Crippen molar-refractivity contribution in [1.82, 2.24) is 10.3 Å². The number of nitrogens with zero attached hydrogens (tertiary/aromatic N) is 1. The van der Waals surface area contributed by atoms with E-state index in [-0.39, 0.29) is 43.1 Å². The molecular formula is C28H32F2N2O5. The number of methoxy groups -OCH3 is 1. The summed E-state index contributed by atoms with van der Waals surface area (Å²) < 4.78 is 43.2. The fourth-order valence-corrected chi connectivity index (χ4v) is 3.68. The zero-order valence-corrected chi connectivity index (χ0v) is 21.1. The number of ether oxygens (including phenoxy) is 3. The molecule has 0 amide bonds. The van der Waals surface area contributed by atoms with Crippen LogP contribution in [-0.2, 0) is 33.8 Å². The summed E-state index contributed by atoms with van der Waals surface area (Å²) in [7, 11) is 1.44. The first kappa shape index (κ1) is 28.0. The number of hydrogen-bond donors (Lipinski definition) is 2. The minimum absolute atomic E-state index is 0.0934. The van der Waals surface area contributed by atoms with Crippen LogP contribution in [0.3, 0.4) is 0 Å². The Hall–Kier alpha value is -3.56. The fourth-order valence-electron chi connectivity index (χ4n) is 3.68. The molecule has 0 saturated carbocycles. The van der Waals surface area contributed by atoms with Crippen molar-refractivity contribution in [2.45, 2.75) is 45.6 Å². The summed E-state index contributed by atoms with van der Waals surface area (Å²) in [5, 5.41) is 13.2. The molecule has 0 radical (unpaired) electrons. The number of carbonyl (C=O) groups excluding carboxylic acids is 1. The van der Waals surface area contributed by atoms with Crippen molar-refractivity contribution in [1.29, 1.82) is 0 Å². The average Bonchev–Trinajstić information content (AvgIpc) is 2.89. The fraction of sp³-hybridized carbons (Fsp3) is 0.357. The summed E-state index contributed by atoms with van der Waals surface area (Å²) in [5.74, 6) is -1.14. The lowest BCUT2D eigenvalue weighted by atomic mass is 9.95. The van der Waals surface area contributed by atoms with Crippen molar-refractivity contribution in [3.8, 4) is 11.5 Å². The maximum atomic E-state index is 13.4. The van der Waals surface area contributed by atoms with E-state index in [4.69, 9.17) is 14.2 Å². The van der Waals surface area contributed by atoms with Gasteiger partial charge in [0.2, 0.25) is 0 Å². The first-order valence-corrected chi connectivity index (χ1v) is 12.0. The maximum absolute atomic E-state index is 13.4. The smallest absolute Gasteiger partial charge is 0.323 e. The first-order chi connectivity index (χ1) is 17.8. The third-order valence-electron chi connectivity index (χ3n) is 6.00. The predicted octanol–water partition coefficient (Wildman–Crippen LogP) is 4.56. The predicted molar refractivity (Wildman–Crippen MR) is 134 cm³/mol. The number of benzene rings is 2. The van der Waals surface area contributed by atoms with E-state index in [1.54, 1.807) is 38.1 Å². The average molecular weight is 515 g/mol. The van der Waals surface area contributed by atoms with E-state index >= 15 is 0 Å². The van der Waals surface area contributed by atoms with Gasteiger partial charge < -0.3 is 19.3 Å². The Balaban J connectivity index is 1.59. The van der Waals surface area contributed by atoms with Gasteiger partial charge in [-0.3, -0.25) is 15.1 Å². The van der Waals surface area contributed by atoms with Gasteiger partial charge in [-0.2, -0.15) is 0 Å². The number of rotatable bonds is 13. The van der Waals surface area contributed by atoms with Crippen LogP contribution in [0.5, 0.6) is 11.5 Å². The topological polar surface area (TPSA) is 89.9 Å². The van der Waals surface area contributed by atoms with Crippen molar-refractivity contribution in [3.05, 3.63) is 89.2 Å². The van der Waals surface area contributed by atoms with Crippen LogP contribution < -0.4 is 10.1 Å². The van der Waals surface area contributed by atoms with Crippen LogP contribution in [0.4, 0.5) is 8.78 Å². The molecule has 2 N–H and O–H groups in total. The molecular weight excluding hydrogens is 482 g/mol. The Morgan fingerprint density at radius 1 is 1.00 bits per heavy atom. The second kappa shape index (κ2) is 13.7. The number of halogens is 2. The van der Waals surface area contributed by atoms with Gasteiger partial charge in [0.25, 0.3) is 0 Å². The molecule has 1 heterocycles. The van der Waals surface area contributed by atoms with Crippen LogP contribution in [0.1, 0.15) is 30.7 Å². The third-order valence-corrected chi connectivity index (χ3v) is 6.00. The normalized spacial score (nSPS) is 13.5. The zero-order chi connectivity index (χ0) is 26.8. The van der Waals surface area contributed by atoms with Gasteiger partial charge in [0.05, 0.1) is 26.0 Å². The standard InChI is InChI=1S/C28H32F2N2O5/c1-18(32-15-25-27(33)26(35-3)12-13-31-25)28(34)37-19(2)22(14-20-4-8-23(29)9-5-20)17-36-16-21-6-10-24(30)11-7-21/h4-13,18-19,22,32-33H,14-17H2,1-3H3/t18-,19-,22+/m0/s1. The van der Waals surface area contributed by atoms with E-state index in [1.807, 2.05) is 0 Å². The van der Waals surface area contributed by atoms with Gasteiger partial charge in [-0.25, -0.2) is 8.78 Å². The minimum Gasteiger partial charge on any atom is -0.503 e. The lowest BCUT2D eigenvalue weighted by molar-refractivity contribution is -0.154. The molecule has 3 rings (SSSR count). The van der Waals surface area contributed by atoms with Crippen LogP contribution >= 0.6 is 0 Å². The summed E-state index contributed by atoms with van der Waals surface area (Å²) >= 11 is 0. The largest absolute Gasteiger partial charge is 0.503 e. The molecule has 198 valence electrons. The van der Waals surface area contributed by atoms with Crippen LogP contribution in [0.15, 0.2) is 60.8 Å². The molecule has 2 aromatic carbocycles. The molecule has 0 unspecified atom stereocenters. The maximum Gasteiger partial charge on any atom is 0.323 e. The number of hydrogen-bond acceptors (Lipinski definition) is 7. The number of aromatic hydroxyl groups is 1.